The fraction of sp³-hybridized carbons (Fsp3) is 0.444. The number of aromatic nitrogens is 7. The van der Waals surface area contributed by atoms with Gasteiger partial charge in [-0.1, -0.05) is 35.5 Å². The van der Waals surface area contributed by atoms with E-state index in [1.165, 1.54) is 68.4 Å². The molecule has 103 heavy (non-hydrogen) atoms. The van der Waals surface area contributed by atoms with Crippen LogP contribution in [-0.4, -0.2) is 178 Å². The van der Waals surface area contributed by atoms with Gasteiger partial charge in [0.1, 0.15) is 53.7 Å². The van der Waals surface area contributed by atoms with Crippen LogP contribution in [0.4, 0.5) is 17.2 Å². The van der Waals surface area contributed by atoms with Crippen LogP contribution >= 0.6 is 15.2 Å². The quantitative estimate of drug-likeness (QED) is 0.0444. The van der Waals surface area contributed by atoms with Crippen LogP contribution < -0.4 is 55.2 Å². The average molecular weight is 1470 g/mol. The highest BCUT2D eigenvalue weighted by molar-refractivity contribution is 7.53. The minimum atomic E-state index is -4.88. The number of amides is 3. The molecule has 40 heteroatoms. The van der Waals surface area contributed by atoms with Crippen LogP contribution in [-0.2, 0) is 56.2 Å². The molecule has 0 saturated carbocycles. The molecule has 0 radical (unpaired) electrons. The second-order valence-electron chi connectivity index (χ2n) is 24.7. The molecule has 4 aromatic heterocycles. The number of carbonyl (C=O) groups excluding carboxylic acids is 3. The second-order valence-corrected chi connectivity index (χ2v) is 28.5. The van der Waals surface area contributed by atoms with Gasteiger partial charge >= 0.3 is 26.6 Å². The van der Waals surface area contributed by atoms with Crippen LogP contribution in [0.25, 0.3) is 11.0 Å². The van der Waals surface area contributed by atoms with E-state index in [1.54, 1.807) is 0 Å². The summed E-state index contributed by atoms with van der Waals surface area (Å²) in [6.45, 7) is -1.09. The molecular formula is C63H69N15O23P2. The number of hydrogen-bond donors (Lipinski definition) is 11. The first-order chi connectivity index (χ1) is 49.1. The normalized spacial score (nSPS) is 28.9. The van der Waals surface area contributed by atoms with Gasteiger partial charge < -0.3 is 79.6 Å². The number of fused-ring (bicyclic) bond motifs is 21. The predicted molar refractivity (Wildman–Crippen MR) is 358 cm³/mol. The summed E-state index contributed by atoms with van der Waals surface area (Å²) < 4.78 is 73.7. The summed E-state index contributed by atoms with van der Waals surface area (Å²) in [6, 6.07) is 5.35. The number of H-pyrrole nitrogens is 2. The third-order valence-corrected chi connectivity index (χ3v) is 20.7. The zero-order chi connectivity index (χ0) is 73.8. The minimum Gasteiger partial charge on any atom is -0.390 e. The third-order valence-electron chi connectivity index (χ3n) is 17.8. The van der Waals surface area contributed by atoms with Gasteiger partial charge in [-0.25, -0.2) is 19.6 Å². The molecule has 15 unspecified atom stereocenters. The summed E-state index contributed by atoms with van der Waals surface area (Å²) in [6.07, 6.45) is -9.14. The molecule has 11 heterocycles. The molecule has 3 amide bonds. The smallest absolute Gasteiger partial charge is 0.330 e. The van der Waals surface area contributed by atoms with Crippen molar-refractivity contribution in [2.75, 3.05) is 71.2 Å². The van der Waals surface area contributed by atoms with Crippen molar-refractivity contribution >= 4 is 61.1 Å². The van der Waals surface area contributed by atoms with Crippen molar-refractivity contribution in [3.05, 3.63) is 162 Å². The number of nitrogens with zero attached hydrogens (tertiary/aromatic N) is 7. The number of anilines is 1. The number of carbonyl (C=O) groups is 3. The Bertz CT molecular complexity index is 4910. The molecule has 7 aliphatic rings. The van der Waals surface area contributed by atoms with Gasteiger partial charge in [-0.2, -0.15) is 0 Å². The number of ether oxygens (including phenoxy) is 5. The Labute approximate surface area is 581 Å². The van der Waals surface area contributed by atoms with Crippen molar-refractivity contribution in [1.29, 1.82) is 0 Å². The van der Waals surface area contributed by atoms with Gasteiger partial charge in [0, 0.05) is 85.4 Å². The first-order valence-corrected chi connectivity index (χ1v) is 35.5. The Morgan fingerprint density at radius 3 is 1.92 bits per heavy atom. The van der Waals surface area contributed by atoms with Crippen LogP contribution in [0.5, 0.6) is 0 Å². The Morgan fingerprint density at radius 1 is 0.699 bits per heavy atom. The maximum Gasteiger partial charge on any atom is 0.330 e. The predicted octanol–water partition coefficient (Wildman–Crippen LogP) is -0.612. The Morgan fingerprint density at radius 2 is 1.27 bits per heavy atom. The molecule has 38 nitrogen and oxygen atoms in total. The first-order valence-electron chi connectivity index (χ1n) is 32.0. The molecule has 6 aromatic rings. The summed E-state index contributed by atoms with van der Waals surface area (Å²) >= 11 is 0. The maximum atomic E-state index is 14.4. The maximum absolute atomic E-state index is 14.4. The SMILES string of the molecule is COCC1OC2CC1CP(=O)(O)OCC1OC3CC1CP(=O)(O)OCC1OC(CC1O)n1cc(c4c(N)ncnc41)C#Cc1ccc(c([N+](=O)[O-])c1)C(C)NC(CN)C(=O)NCC(OC(C)c1ccc(cc1[N+](=O)[O-])C#Cc1cn3c(=O)[nH]c1=O)C(=O)NCC(=O)NCC#Cc1cn2c(=O)[nH]c1=O. The first kappa shape index (κ1) is 74.3. The largest absolute Gasteiger partial charge is 0.390 e. The number of nitro benzene ring substituents is 2. The molecule has 3 fully saturated rings. The third kappa shape index (κ3) is 17.3. The monoisotopic (exact) mass is 1470 g/mol. The van der Waals surface area contributed by atoms with Crippen LogP contribution in [0.15, 0.2) is 80.5 Å². The van der Waals surface area contributed by atoms with Crippen LogP contribution in [0.2, 0.25) is 0 Å². The molecule has 13 rings (SSSR count). The van der Waals surface area contributed by atoms with E-state index in [9.17, 15) is 77.8 Å². The number of methoxy groups -OCH3 is 1. The van der Waals surface area contributed by atoms with Crippen molar-refractivity contribution in [3.63, 3.8) is 0 Å². The molecule has 0 aliphatic carbocycles. The Kier molecular flexibility index (Phi) is 22.6. The number of nitrogen functional groups attached to an aromatic ring is 1. The highest BCUT2D eigenvalue weighted by atomic mass is 31.2. The summed E-state index contributed by atoms with van der Waals surface area (Å²) in [7, 11) is -8.35. The summed E-state index contributed by atoms with van der Waals surface area (Å²) in [5.74, 6) is 11.4. The number of hydrogen-bond acceptors (Lipinski definition) is 26. The van der Waals surface area contributed by atoms with E-state index < -0.39 is 213 Å². The fourth-order valence-corrected chi connectivity index (χ4v) is 15.5. The minimum absolute atomic E-state index is 0.0254. The van der Waals surface area contributed by atoms with Crippen LogP contribution in [0, 0.1) is 67.6 Å². The topological polar surface area (TPSA) is 538 Å². The zero-order valence-corrected chi connectivity index (χ0v) is 56.7. The van der Waals surface area contributed by atoms with Gasteiger partial charge in [0.25, 0.3) is 28.4 Å². The highest BCUT2D eigenvalue weighted by Gasteiger charge is 2.46. The van der Waals surface area contributed by atoms with E-state index in [0.717, 1.165) is 27.6 Å². The van der Waals surface area contributed by atoms with Gasteiger partial charge in [0.05, 0.1) is 109 Å². The molecule has 13 N–H and O–H groups in total. The zero-order valence-electron chi connectivity index (χ0n) is 55.0. The lowest BCUT2D eigenvalue weighted by molar-refractivity contribution is -0.386. The molecule has 3 saturated heterocycles. The molecule has 0 spiro atoms. The second kappa shape index (κ2) is 31.4. The standard InChI is InChI=1S/C63H69N15O23P2/c1-32-41-12-8-34(15-44(41)77(87)88)6-10-36-23-74(57-55(36)56(65)69-31-70-57)54-19-46(79)50(101-54)28-97-103(93,94)30-40-18-53-76-25-38(59(82)73-63(76)86)11-7-35-9-13-42(45(16-35)78(89)90)33(2)98-47(21-67-60(83)43(20-64)71-32)61(84)68-22-51(80)66-14-4-5-37-24-75(62(85)72-58(37)81)52-17-39(48(99-52)26-95-3)29-102(91,92)96-27-49(40)100-53/h8-9,12-13,15-16,23-25,31-33,39-40,43,46-50,52-54,71,79H,14,17-22,26-30,64H2,1-3H3,(H,66,80)(H,67,83)(H,68,84)(H,91,92)(H,93,94)(H2,65,69,70)(H,72,81,85)(H,73,82,86). The number of rotatable bonds is 5. The fourth-order valence-electron chi connectivity index (χ4n) is 12.6. The lowest BCUT2D eigenvalue weighted by Gasteiger charge is -2.25. The summed E-state index contributed by atoms with van der Waals surface area (Å²) in [5.41, 5.74) is 7.19. The summed E-state index contributed by atoms with van der Waals surface area (Å²) in [4.78, 5) is 155. The molecule has 15 atom stereocenters. The van der Waals surface area contributed by atoms with Gasteiger partial charge in [-0.3, -0.25) is 77.8 Å². The van der Waals surface area contributed by atoms with Crippen molar-refractivity contribution < 1.29 is 81.0 Å². The number of aliphatic hydroxyl groups is 1. The number of benzene rings is 2. The van der Waals surface area contributed by atoms with Gasteiger partial charge in [-0.05, 0) is 51.0 Å². The number of aliphatic hydroxyl groups excluding tert-OH is 1. The van der Waals surface area contributed by atoms with E-state index in [2.05, 4.69) is 76.7 Å². The van der Waals surface area contributed by atoms with E-state index in [4.69, 9.17) is 44.2 Å². The van der Waals surface area contributed by atoms with Crippen LogP contribution in [0.1, 0.15) is 103 Å². The molecule has 2 aromatic carbocycles. The molecule has 544 valence electrons. The summed E-state index contributed by atoms with van der Waals surface area (Å²) in [5, 5.41) is 47.6. The van der Waals surface area contributed by atoms with Gasteiger partial charge in [0.2, 0.25) is 11.8 Å². The lowest BCUT2D eigenvalue weighted by Crippen LogP contribution is -2.53. The van der Waals surface area contributed by atoms with Gasteiger partial charge in [-0.15, -0.1) is 0 Å². The van der Waals surface area contributed by atoms with Crippen molar-refractivity contribution in [1.82, 2.24) is 54.9 Å². The van der Waals surface area contributed by atoms with Crippen molar-refractivity contribution in [2.45, 2.75) is 101 Å². The van der Waals surface area contributed by atoms with E-state index in [-0.39, 0.29) is 76.1 Å². The molecule has 18 bridgehead atoms. The average Bonchev–Trinajstić information content (AvgIpc) is 1.82. The number of aromatic amines is 2. The number of nitro groups is 2. The molecule has 7 aliphatic heterocycles. The van der Waals surface area contributed by atoms with Gasteiger partial charge in [0.15, 0.2) is 6.10 Å². The number of nitrogens with two attached hydrogens (primary N) is 2. The van der Waals surface area contributed by atoms with E-state index in [0.29, 0.717) is 0 Å². The Balaban J connectivity index is 0.991. The van der Waals surface area contributed by atoms with E-state index >= 15 is 0 Å². The van der Waals surface area contributed by atoms with Crippen molar-refractivity contribution in [2.24, 2.45) is 17.6 Å². The molecular weight excluding hydrogens is 1400 g/mol. The Hall–Kier alpha value is -9.91. The van der Waals surface area contributed by atoms with E-state index in [1.807, 2.05) is 0 Å². The lowest BCUT2D eigenvalue weighted by atomic mass is 10.0. The highest BCUT2D eigenvalue weighted by Crippen LogP contribution is 2.52. The van der Waals surface area contributed by atoms with Crippen LogP contribution in [0.3, 0.4) is 0 Å². The number of nitrogens with one attached hydrogen (secondary N) is 6. The van der Waals surface area contributed by atoms with Crippen molar-refractivity contribution in [3.8, 4) is 35.5 Å².